The summed E-state index contributed by atoms with van der Waals surface area (Å²) >= 11 is 0. The molecule has 0 heterocycles. The molecule has 0 radical (unpaired) electrons. The maximum Gasteiger partial charge on any atom is 0.268 e. The molecule has 6 heteroatoms. The quantitative estimate of drug-likeness (QED) is 0.280. The summed E-state index contributed by atoms with van der Waals surface area (Å²) in [5.41, 5.74) is 3.02. The van der Waals surface area contributed by atoms with Crippen molar-refractivity contribution in [2.24, 2.45) is 0 Å². The van der Waals surface area contributed by atoms with Crippen LogP contribution in [-0.2, 0) is 11.2 Å². The van der Waals surface area contributed by atoms with Gasteiger partial charge in [-0.2, -0.15) is 0 Å². The number of hydrogen-bond acceptors (Lipinski definition) is 4. The summed E-state index contributed by atoms with van der Waals surface area (Å²) in [4.78, 5) is 23.6. The molecule has 0 unspecified atom stereocenters. The van der Waals surface area contributed by atoms with Gasteiger partial charge in [0.05, 0.1) is 6.10 Å². The monoisotopic (exact) mass is 350 g/mol. The summed E-state index contributed by atoms with van der Waals surface area (Å²) in [5.74, 6) is -1.33. The summed E-state index contributed by atoms with van der Waals surface area (Å²) in [6, 6.07) is 6.02. The number of hydrogen-bond donors (Lipinski definition) is 4. The average molecular weight is 350 g/mol. The predicted octanol–water partition coefficient (Wildman–Crippen LogP) is 2.57. The Hall–Kier alpha value is -1.92. The van der Waals surface area contributed by atoms with Crippen LogP contribution in [0, 0.1) is 0 Å². The Morgan fingerprint density at radius 1 is 1.04 bits per heavy atom. The Morgan fingerprint density at radius 3 is 2.20 bits per heavy atom. The van der Waals surface area contributed by atoms with E-state index in [0.29, 0.717) is 5.56 Å². The van der Waals surface area contributed by atoms with E-state index in [9.17, 15) is 14.7 Å². The average Bonchev–Trinajstić information content (AvgIpc) is 2.62. The van der Waals surface area contributed by atoms with Gasteiger partial charge in [0.2, 0.25) is 0 Å². The van der Waals surface area contributed by atoms with Crippen molar-refractivity contribution in [3.05, 3.63) is 35.4 Å². The zero-order valence-corrected chi connectivity index (χ0v) is 15.1. The minimum atomic E-state index is -1.21. The van der Waals surface area contributed by atoms with E-state index in [-0.39, 0.29) is 0 Å². The second-order valence-electron chi connectivity index (χ2n) is 6.38. The SMILES string of the molecule is CCCCCCCCc1ccc(C(=O)N[C@H](C(=O)NO)[C@@H](C)O)cc1. The molecule has 140 valence electrons. The number of carbonyl (C=O) groups excluding carboxylic acids is 2. The van der Waals surface area contributed by atoms with Gasteiger partial charge in [0, 0.05) is 5.56 Å². The first-order valence-corrected chi connectivity index (χ1v) is 9.01. The molecule has 2 atom stereocenters. The van der Waals surface area contributed by atoms with Crippen LogP contribution in [0.3, 0.4) is 0 Å². The van der Waals surface area contributed by atoms with Crippen LogP contribution in [0.15, 0.2) is 24.3 Å². The van der Waals surface area contributed by atoms with Crippen LogP contribution in [0.25, 0.3) is 0 Å². The molecule has 0 fully saturated rings. The number of unbranched alkanes of at least 4 members (excludes halogenated alkanes) is 5. The Morgan fingerprint density at radius 2 is 1.64 bits per heavy atom. The number of aliphatic hydroxyl groups is 1. The molecule has 6 nitrogen and oxygen atoms in total. The number of amides is 2. The highest BCUT2D eigenvalue weighted by Crippen LogP contribution is 2.11. The van der Waals surface area contributed by atoms with Gasteiger partial charge < -0.3 is 10.4 Å². The molecule has 0 aliphatic heterocycles. The van der Waals surface area contributed by atoms with E-state index in [1.165, 1.54) is 50.1 Å². The Labute approximate surface area is 149 Å². The third-order valence-electron chi connectivity index (χ3n) is 4.20. The van der Waals surface area contributed by atoms with Crippen LogP contribution in [-0.4, -0.2) is 34.3 Å². The topological polar surface area (TPSA) is 98.7 Å². The van der Waals surface area contributed by atoms with Crippen LogP contribution in [0.2, 0.25) is 0 Å². The molecular weight excluding hydrogens is 320 g/mol. The van der Waals surface area contributed by atoms with Crippen molar-refractivity contribution in [3.8, 4) is 0 Å². The molecule has 1 aromatic carbocycles. The fourth-order valence-corrected chi connectivity index (χ4v) is 2.63. The van der Waals surface area contributed by atoms with E-state index in [1.807, 2.05) is 12.1 Å². The standard InChI is InChI=1S/C19H30N2O4/c1-3-4-5-6-7-8-9-15-10-12-16(13-11-15)18(23)20-17(14(2)22)19(24)21-25/h10-14,17,22,25H,3-9H2,1-2H3,(H,20,23)(H,21,24)/t14-,17+/m1/s1. The first kappa shape index (κ1) is 21.1. The molecule has 1 aromatic rings. The highest BCUT2D eigenvalue weighted by atomic mass is 16.5. The van der Waals surface area contributed by atoms with Crippen molar-refractivity contribution in [2.45, 2.75) is 70.9 Å². The fraction of sp³-hybridized carbons (Fsp3) is 0.579. The number of rotatable bonds is 11. The zero-order chi connectivity index (χ0) is 18.7. The van der Waals surface area contributed by atoms with Gasteiger partial charge in [-0.05, 0) is 37.5 Å². The molecule has 0 bridgehead atoms. The lowest BCUT2D eigenvalue weighted by molar-refractivity contribution is -0.133. The molecule has 2 amide bonds. The van der Waals surface area contributed by atoms with Crippen LogP contribution in [0.5, 0.6) is 0 Å². The third-order valence-corrected chi connectivity index (χ3v) is 4.20. The van der Waals surface area contributed by atoms with Crippen LogP contribution in [0.4, 0.5) is 0 Å². The normalized spacial score (nSPS) is 13.1. The lowest BCUT2D eigenvalue weighted by atomic mass is 10.0. The minimum absolute atomic E-state index is 0.406. The van der Waals surface area contributed by atoms with Crippen molar-refractivity contribution in [2.75, 3.05) is 0 Å². The number of benzene rings is 1. The van der Waals surface area contributed by atoms with Gasteiger partial charge in [-0.15, -0.1) is 0 Å². The van der Waals surface area contributed by atoms with Crippen LogP contribution >= 0.6 is 0 Å². The fourth-order valence-electron chi connectivity index (χ4n) is 2.63. The van der Waals surface area contributed by atoms with Crippen molar-refractivity contribution in [3.63, 3.8) is 0 Å². The first-order valence-electron chi connectivity index (χ1n) is 9.01. The van der Waals surface area contributed by atoms with E-state index in [1.54, 1.807) is 12.1 Å². The van der Waals surface area contributed by atoms with E-state index in [2.05, 4.69) is 12.2 Å². The van der Waals surface area contributed by atoms with Gasteiger partial charge in [-0.25, -0.2) is 5.48 Å². The Balaban J connectivity index is 2.49. The van der Waals surface area contributed by atoms with E-state index in [0.717, 1.165) is 12.8 Å². The summed E-state index contributed by atoms with van der Waals surface area (Å²) in [6.07, 6.45) is 7.32. The lowest BCUT2D eigenvalue weighted by Gasteiger charge is -2.19. The molecular formula is C19H30N2O4. The second-order valence-corrected chi connectivity index (χ2v) is 6.38. The molecule has 0 saturated heterocycles. The molecule has 4 N–H and O–H groups in total. The molecule has 0 aliphatic carbocycles. The van der Waals surface area contributed by atoms with Gasteiger partial charge in [-0.1, -0.05) is 51.2 Å². The molecule has 25 heavy (non-hydrogen) atoms. The largest absolute Gasteiger partial charge is 0.391 e. The van der Waals surface area contributed by atoms with Crippen molar-refractivity contribution >= 4 is 11.8 Å². The minimum Gasteiger partial charge on any atom is -0.391 e. The van der Waals surface area contributed by atoms with Crippen molar-refractivity contribution < 1.29 is 19.9 Å². The van der Waals surface area contributed by atoms with Gasteiger partial charge in [0.25, 0.3) is 11.8 Å². The van der Waals surface area contributed by atoms with Gasteiger partial charge >= 0.3 is 0 Å². The predicted molar refractivity (Wildman–Crippen MR) is 96.4 cm³/mol. The summed E-state index contributed by atoms with van der Waals surface area (Å²) < 4.78 is 0. The summed E-state index contributed by atoms with van der Waals surface area (Å²) in [7, 11) is 0. The van der Waals surface area contributed by atoms with Crippen LogP contribution in [0.1, 0.15) is 68.3 Å². The smallest absolute Gasteiger partial charge is 0.268 e. The second kappa shape index (κ2) is 11.6. The number of nitrogens with one attached hydrogen (secondary N) is 2. The Bertz CT molecular complexity index is 529. The molecule has 0 spiro atoms. The summed E-state index contributed by atoms with van der Waals surface area (Å²) in [5, 5.41) is 20.6. The third kappa shape index (κ3) is 7.67. The van der Waals surface area contributed by atoms with Gasteiger partial charge in [0.1, 0.15) is 6.04 Å². The van der Waals surface area contributed by atoms with Crippen molar-refractivity contribution in [1.29, 1.82) is 0 Å². The van der Waals surface area contributed by atoms with Crippen LogP contribution < -0.4 is 10.8 Å². The maximum absolute atomic E-state index is 12.2. The maximum atomic E-state index is 12.2. The summed E-state index contributed by atoms with van der Waals surface area (Å²) in [6.45, 7) is 3.57. The molecule has 0 saturated carbocycles. The number of aryl methyl sites for hydroxylation is 1. The zero-order valence-electron chi connectivity index (χ0n) is 15.1. The highest BCUT2D eigenvalue weighted by Gasteiger charge is 2.25. The number of hydroxylamine groups is 1. The van der Waals surface area contributed by atoms with E-state index < -0.39 is 24.0 Å². The molecule has 0 aromatic heterocycles. The molecule has 0 aliphatic rings. The van der Waals surface area contributed by atoms with Crippen molar-refractivity contribution in [1.82, 2.24) is 10.8 Å². The molecule has 1 rings (SSSR count). The Kier molecular flexibility index (Phi) is 9.80. The highest BCUT2D eigenvalue weighted by molar-refractivity contribution is 5.97. The lowest BCUT2D eigenvalue weighted by Crippen LogP contribution is -2.51. The number of carbonyl (C=O) groups is 2. The first-order chi connectivity index (χ1) is 12.0. The van der Waals surface area contributed by atoms with E-state index >= 15 is 0 Å². The van der Waals surface area contributed by atoms with Gasteiger partial charge in [0.15, 0.2) is 0 Å². The van der Waals surface area contributed by atoms with Gasteiger partial charge in [-0.3, -0.25) is 14.8 Å². The van der Waals surface area contributed by atoms with E-state index in [4.69, 9.17) is 5.21 Å². The number of aliphatic hydroxyl groups excluding tert-OH is 1.